The van der Waals surface area contributed by atoms with E-state index < -0.39 is 5.60 Å². The predicted molar refractivity (Wildman–Crippen MR) is 74.7 cm³/mol. The zero-order valence-corrected chi connectivity index (χ0v) is 11.7. The number of nitrogens with zero attached hydrogens (tertiary/aromatic N) is 4. The van der Waals surface area contributed by atoms with Gasteiger partial charge in [0.2, 0.25) is 0 Å². The highest BCUT2D eigenvalue weighted by molar-refractivity contribution is 5.34. The van der Waals surface area contributed by atoms with Gasteiger partial charge in [0, 0.05) is 13.0 Å². The van der Waals surface area contributed by atoms with Gasteiger partial charge in [-0.3, -0.25) is 0 Å². The summed E-state index contributed by atoms with van der Waals surface area (Å²) in [6.07, 6.45) is 2.87. The minimum Gasteiger partial charge on any atom is -0.385 e. The van der Waals surface area contributed by atoms with Crippen molar-refractivity contribution in [3.8, 4) is 6.07 Å². The summed E-state index contributed by atoms with van der Waals surface area (Å²) in [6, 6.07) is 9.04. The molecule has 2 rings (SSSR count). The third kappa shape index (κ3) is 3.03. The summed E-state index contributed by atoms with van der Waals surface area (Å²) < 4.78 is 1.82. The molecule has 1 aromatic heterocycles. The van der Waals surface area contributed by atoms with Gasteiger partial charge in [0.1, 0.15) is 12.2 Å². The van der Waals surface area contributed by atoms with Crippen molar-refractivity contribution < 1.29 is 5.11 Å². The van der Waals surface area contributed by atoms with Crippen LogP contribution >= 0.6 is 0 Å². The monoisotopic (exact) mass is 270 g/mol. The number of aliphatic hydroxyl groups is 1. The fraction of sp³-hybridized carbons (Fsp3) is 0.400. The molecule has 5 nitrogen and oxygen atoms in total. The van der Waals surface area contributed by atoms with Crippen molar-refractivity contribution in [3.05, 3.63) is 47.5 Å². The lowest BCUT2D eigenvalue weighted by Gasteiger charge is -2.23. The highest BCUT2D eigenvalue weighted by Crippen LogP contribution is 2.24. The molecule has 0 bridgehead atoms. The Bertz CT molecular complexity index is 608. The van der Waals surface area contributed by atoms with E-state index in [0.29, 0.717) is 12.0 Å². The highest BCUT2D eigenvalue weighted by Gasteiger charge is 2.26. The topological polar surface area (TPSA) is 74.7 Å². The van der Waals surface area contributed by atoms with Crippen LogP contribution in [0.2, 0.25) is 0 Å². The van der Waals surface area contributed by atoms with Crippen molar-refractivity contribution in [1.29, 1.82) is 5.26 Å². The first kappa shape index (κ1) is 14.2. The fourth-order valence-corrected chi connectivity index (χ4v) is 2.14. The molecule has 0 saturated heterocycles. The third-order valence-electron chi connectivity index (χ3n) is 3.27. The van der Waals surface area contributed by atoms with Crippen molar-refractivity contribution in [2.24, 2.45) is 0 Å². The highest BCUT2D eigenvalue weighted by atomic mass is 16.3. The number of nitriles is 1. The molecule has 0 saturated carbocycles. The molecule has 1 N–H and O–H groups in total. The van der Waals surface area contributed by atoms with Gasteiger partial charge in [-0.2, -0.15) is 10.4 Å². The molecule has 0 fully saturated rings. The molecular weight excluding hydrogens is 252 g/mol. The third-order valence-corrected chi connectivity index (χ3v) is 3.27. The number of aromatic nitrogens is 3. The second-order valence-corrected chi connectivity index (χ2v) is 5.04. The van der Waals surface area contributed by atoms with Crippen LogP contribution in [0.5, 0.6) is 0 Å². The zero-order valence-electron chi connectivity index (χ0n) is 11.7. The van der Waals surface area contributed by atoms with Crippen LogP contribution in [0, 0.1) is 11.3 Å². The van der Waals surface area contributed by atoms with E-state index in [1.165, 1.54) is 6.33 Å². The van der Waals surface area contributed by atoms with Crippen molar-refractivity contribution in [2.45, 2.75) is 38.8 Å². The minimum absolute atomic E-state index is 0.388. The number of benzene rings is 1. The summed E-state index contributed by atoms with van der Waals surface area (Å²) in [5.41, 5.74) is 0.313. The quantitative estimate of drug-likeness (QED) is 0.901. The minimum atomic E-state index is -1.04. The number of hydrogen-bond donors (Lipinski definition) is 1. The second-order valence-electron chi connectivity index (χ2n) is 5.04. The lowest BCUT2D eigenvalue weighted by molar-refractivity contribution is 0.0542. The smallest absolute Gasteiger partial charge is 0.138 e. The molecule has 0 aliphatic carbocycles. The van der Waals surface area contributed by atoms with Gasteiger partial charge >= 0.3 is 0 Å². The molecule has 1 unspecified atom stereocenters. The van der Waals surface area contributed by atoms with E-state index in [0.717, 1.165) is 24.4 Å². The lowest BCUT2D eigenvalue weighted by atomic mass is 9.91. The van der Waals surface area contributed by atoms with E-state index in [9.17, 15) is 5.11 Å². The first-order valence-electron chi connectivity index (χ1n) is 6.66. The Morgan fingerprint density at radius 3 is 2.65 bits per heavy atom. The summed E-state index contributed by atoms with van der Waals surface area (Å²) in [6.45, 7) is 4.61. The second kappa shape index (κ2) is 5.85. The van der Waals surface area contributed by atoms with Crippen LogP contribution in [-0.2, 0) is 18.6 Å². The summed E-state index contributed by atoms with van der Waals surface area (Å²) >= 11 is 0. The van der Waals surface area contributed by atoms with Crippen LogP contribution < -0.4 is 0 Å². The van der Waals surface area contributed by atoms with Gasteiger partial charge in [-0.15, -0.1) is 0 Å². The fourth-order valence-electron chi connectivity index (χ4n) is 2.14. The van der Waals surface area contributed by atoms with Gasteiger partial charge in [0.25, 0.3) is 0 Å². The molecule has 2 aromatic rings. The lowest BCUT2D eigenvalue weighted by Crippen LogP contribution is -2.26. The van der Waals surface area contributed by atoms with Crippen LogP contribution in [0.1, 0.15) is 37.2 Å². The molecule has 1 atom stereocenters. The van der Waals surface area contributed by atoms with E-state index >= 15 is 0 Å². The van der Waals surface area contributed by atoms with Crippen molar-refractivity contribution in [2.75, 3.05) is 0 Å². The first-order chi connectivity index (χ1) is 9.56. The summed E-state index contributed by atoms with van der Waals surface area (Å²) in [5.74, 6) is 0.765. The van der Waals surface area contributed by atoms with Gasteiger partial charge in [-0.1, -0.05) is 19.1 Å². The molecule has 20 heavy (non-hydrogen) atoms. The molecule has 0 aliphatic rings. The maximum atomic E-state index is 10.6. The molecule has 1 heterocycles. The largest absolute Gasteiger partial charge is 0.385 e. The first-order valence-corrected chi connectivity index (χ1v) is 6.66. The Morgan fingerprint density at radius 2 is 2.05 bits per heavy atom. The van der Waals surface area contributed by atoms with E-state index in [-0.39, 0.29) is 0 Å². The Hall–Kier alpha value is -2.19. The van der Waals surface area contributed by atoms with E-state index in [4.69, 9.17) is 5.26 Å². The van der Waals surface area contributed by atoms with Crippen LogP contribution in [0.4, 0.5) is 0 Å². The Labute approximate surface area is 118 Å². The summed E-state index contributed by atoms with van der Waals surface area (Å²) in [4.78, 5) is 4.22. The van der Waals surface area contributed by atoms with E-state index in [1.807, 2.05) is 4.68 Å². The number of hydrogen-bond acceptors (Lipinski definition) is 4. The normalized spacial score (nSPS) is 13.7. The van der Waals surface area contributed by atoms with Crippen LogP contribution in [0.3, 0.4) is 0 Å². The number of aryl methyl sites for hydroxylation is 1. The van der Waals surface area contributed by atoms with Gasteiger partial charge < -0.3 is 5.11 Å². The van der Waals surface area contributed by atoms with Gasteiger partial charge in [0.15, 0.2) is 0 Å². The maximum absolute atomic E-state index is 10.6. The summed E-state index contributed by atoms with van der Waals surface area (Å²) in [5, 5.41) is 23.6. The van der Waals surface area contributed by atoms with Crippen molar-refractivity contribution >= 4 is 0 Å². The molecular formula is C15H18N4O. The Balaban J connectivity index is 2.21. The van der Waals surface area contributed by atoms with Crippen LogP contribution in [0.25, 0.3) is 0 Å². The Kier molecular flexibility index (Phi) is 4.16. The van der Waals surface area contributed by atoms with E-state index in [1.54, 1.807) is 31.2 Å². The molecule has 0 radical (unpaired) electrons. The molecule has 0 spiro atoms. The molecule has 0 aliphatic heterocycles. The number of rotatable bonds is 5. The molecule has 104 valence electrons. The summed E-state index contributed by atoms with van der Waals surface area (Å²) in [7, 11) is 0. The standard InChI is InChI=1S/C15H18N4O/c1-3-8-19-14(17-11-18-19)9-15(2,20)13-6-4-12(10-16)5-7-13/h4-7,11,20H,3,8-9H2,1-2H3. The maximum Gasteiger partial charge on any atom is 0.138 e. The van der Waals surface area contributed by atoms with Gasteiger partial charge in [0.05, 0.1) is 17.2 Å². The zero-order chi connectivity index (χ0) is 14.6. The Morgan fingerprint density at radius 1 is 1.35 bits per heavy atom. The molecule has 0 amide bonds. The molecule has 5 heteroatoms. The van der Waals surface area contributed by atoms with Crippen LogP contribution in [0.15, 0.2) is 30.6 Å². The van der Waals surface area contributed by atoms with Crippen LogP contribution in [-0.4, -0.2) is 19.9 Å². The van der Waals surface area contributed by atoms with E-state index in [2.05, 4.69) is 23.1 Å². The molecule has 1 aromatic carbocycles. The van der Waals surface area contributed by atoms with Gasteiger partial charge in [-0.25, -0.2) is 9.67 Å². The van der Waals surface area contributed by atoms with Gasteiger partial charge in [-0.05, 0) is 31.0 Å². The SMILES string of the molecule is CCCn1ncnc1CC(C)(O)c1ccc(C#N)cc1. The van der Waals surface area contributed by atoms with Crippen molar-refractivity contribution in [3.63, 3.8) is 0 Å². The van der Waals surface area contributed by atoms with Crippen molar-refractivity contribution in [1.82, 2.24) is 14.8 Å². The predicted octanol–water partition coefficient (Wildman–Crippen LogP) is 2.01. The average molecular weight is 270 g/mol. The average Bonchev–Trinajstić information content (AvgIpc) is 2.86.